The summed E-state index contributed by atoms with van der Waals surface area (Å²) in [5.74, 6) is -0.589. The molecule has 0 aliphatic carbocycles. The van der Waals surface area contributed by atoms with Gasteiger partial charge in [0.2, 0.25) is 0 Å². The first kappa shape index (κ1) is 10.3. The highest BCUT2D eigenvalue weighted by Gasteiger charge is 2.16. The van der Waals surface area contributed by atoms with Crippen LogP contribution in [-0.2, 0) is 11.8 Å². The standard InChI is InChI=1S/C10H9N3O3/c1-13-9(14)7-6(4-3-5-11-7)8(12-13)10(15)16-2/h3-5H,1-2H3. The maximum atomic E-state index is 11.7. The smallest absolute Gasteiger partial charge is 0.359 e. The minimum atomic E-state index is -0.589. The molecular weight excluding hydrogens is 210 g/mol. The zero-order valence-corrected chi connectivity index (χ0v) is 8.80. The fourth-order valence-corrected chi connectivity index (χ4v) is 1.42. The first-order valence-corrected chi connectivity index (χ1v) is 4.55. The molecule has 0 spiro atoms. The van der Waals surface area contributed by atoms with Gasteiger partial charge in [0.15, 0.2) is 5.69 Å². The Morgan fingerprint density at radius 2 is 2.25 bits per heavy atom. The molecule has 0 atom stereocenters. The predicted molar refractivity (Wildman–Crippen MR) is 56.1 cm³/mol. The van der Waals surface area contributed by atoms with Crippen molar-refractivity contribution in [2.75, 3.05) is 7.11 Å². The van der Waals surface area contributed by atoms with Crippen LogP contribution in [0.5, 0.6) is 0 Å². The van der Waals surface area contributed by atoms with Crippen molar-refractivity contribution in [3.8, 4) is 0 Å². The summed E-state index contributed by atoms with van der Waals surface area (Å²) < 4.78 is 5.67. The molecule has 2 aromatic heterocycles. The minimum absolute atomic E-state index is 0.0905. The van der Waals surface area contributed by atoms with Gasteiger partial charge >= 0.3 is 5.97 Å². The van der Waals surface area contributed by atoms with Crippen molar-refractivity contribution in [1.29, 1.82) is 0 Å². The molecule has 6 heteroatoms. The van der Waals surface area contributed by atoms with Gasteiger partial charge in [0.1, 0.15) is 5.52 Å². The first-order chi connectivity index (χ1) is 7.65. The average Bonchev–Trinajstić information content (AvgIpc) is 2.33. The van der Waals surface area contributed by atoms with Crippen LogP contribution in [0.4, 0.5) is 0 Å². The van der Waals surface area contributed by atoms with Gasteiger partial charge in [-0.3, -0.25) is 9.78 Å². The maximum Gasteiger partial charge on any atom is 0.359 e. The fraction of sp³-hybridized carbons (Fsp3) is 0.200. The number of carbonyl (C=O) groups is 1. The maximum absolute atomic E-state index is 11.7. The normalized spacial score (nSPS) is 10.4. The highest BCUT2D eigenvalue weighted by Crippen LogP contribution is 2.11. The number of pyridine rings is 1. The Balaban J connectivity index is 2.90. The summed E-state index contributed by atoms with van der Waals surface area (Å²) in [7, 11) is 2.72. The molecule has 16 heavy (non-hydrogen) atoms. The van der Waals surface area contributed by atoms with Gasteiger partial charge in [-0.1, -0.05) is 0 Å². The minimum Gasteiger partial charge on any atom is -0.464 e. The third kappa shape index (κ3) is 1.44. The molecule has 0 N–H and O–H groups in total. The summed E-state index contributed by atoms with van der Waals surface area (Å²) in [5, 5.41) is 4.26. The Morgan fingerprint density at radius 1 is 1.50 bits per heavy atom. The van der Waals surface area contributed by atoms with Gasteiger partial charge < -0.3 is 4.74 Å². The fourth-order valence-electron chi connectivity index (χ4n) is 1.42. The molecule has 0 aliphatic heterocycles. The van der Waals surface area contributed by atoms with Crippen molar-refractivity contribution >= 4 is 16.9 Å². The summed E-state index contributed by atoms with van der Waals surface area (Å²) in [6, 6.07) is 3.25. The number of aryl methyl sites for hydroxylation is 1. The quantitative estimate of drug-likeness (QED) is 0.636. The van der Waals surface area contributed by atoms with Crippen molar-refractivity contribution in [3.63, 3.8) is 0 Å². The van der Waals surface area contributed by atoms with Crippen molar-refractivity contribution in [2.45, 2.75) is 0 Å². The Hall–Kier alpha value is -2.24. The second-order valence-electron chi connectivity index (χ2n) is 3.17. The summed E-state index contributed by atoms with van der Waals surface area (Å²) in [6.07, 6.45) is 1.49. The number of rotatable bonds is 1. The monoisotopic (exact) mass is 219 g/mol. The molecule has 2 rings (SSSR count). The second kappa shape index (κ2) is 3.73. The molecule has 82 valence electrons. The number of hydrogen-bond donors (Lipinski definition) is 0. The third-order valence-electron chi connectivity index (χ3n) is 2.19. The molecule has 0 saturated carbocycles. The van der Waals surface area contributed by atoms with Crippen LogP contribution >= 0.6 is 0 Å². The van der Waals surface area contributed by atoms with E-state index in [2.05, 4.69) is 14.8 Å². The Bertz CT molecular complexity index is 618. The molecule has 2 aromatic rings. The lowest BCUT2D eigenvalue weighted by Crippen LogP contribution is -2.24. The predicted octanol–water partition coefficient (Wildman–Crippen LogP) is 0.115. The lowest BCUT2D eigenvalue weighted by atomic mass is 10.2. The van der Waals surface area contributed by atoms with Crippen LogP contribution in [-0.4, -0.2) is 27.8 Å². The molecule has 0 aliphatic rings. The lowest BCUT2D eigenvalue weighted by Gasteiger charge is -2.04. The Labute approximate surface area is 90.5 Å². The molecule has 0 unspecified atom stereocenters. The molecule has 0 saturated heterocycles. The number of aromatic nitrogens is 3. The van der Waals surface area contributed by atoms with Gasteiger partial charge in [0.05, 0.1) is 7.11 Å². The van der Waals surface area contributed by atoms with E-state index in [0.29, 0.717) is 5.39 Å². The lowest BCUT2D eigenvalue weighted by molar-refractivity contribution is 0.0594. The van der Waals surface area contributed by atoms with Gasteiger partial charge in [-0.25, -0.2) is 9.48 Å². The molecular formula is C10H9N3O3. The van der Waals surface area contributed by atoms with Gasteiger partial charge in [-0.15, -0.1) is 0 Å². The molecule has 0 radical (unpaired) electrons. The van der Waals surface area contributed by atoms with E-state index < -0.39 is 5.97 Å². The van der Waals surface area contributed by atoms with Crippen LogP contribution in [0.1, 0.15) is 10.5 Å². The number of ether oxygens (including phenoxy) is 1. The van der Waals surface area contributed by atoms with Crippen molar-refractivity contribution < 1.29 is 9.53 Å². The molecule has 0 bridgehead atoms. The van der Waals surface area contributed by atoms with Crippen molar-refractivity contribution in [2.24, 2.45) is 7.05 Å². The highest BCUT2D eigenvalue weighted by molar-refractivity contribution is 6.00. The van der Waals surface area contributed by atoms with E-state index in [-0.39, 0.29) is 16.8 Å². The summed E-state index contributed by atoms with van der Waals surface area (Å²) in [5.41, 5.74) is -0.0450. The summed E-state index contributed by atoms with van der Waals surface area (Å²) >= 11 is 0. The van der Waals surface area contributed by atoms with Crippen molar-refractivity contribution in [1.82, 2.24) is 14.8 Å². The molecule has 2 heterocycles. The number of fused-ring (bicyclic) bond motifs is 1. The van der Waals surface area contributed by atoms with E-state index in [9.17, 15) is 9.59 Å². The Kier molecular flexibility index (Phi) is 2.40. The zero-order chi connectivity index (χ0) is 11.7. The first-order valence-electron chi connectivity index (χ1n) is 4.55. The molecule has 0 aromatic carbocycles. The van der Waals surface area contributed by atoms with E-state index in [4.69, 9.17) is 0 Å². The van der Waals surface area contributed by atoms with Gasteiger partial charge in [-0.2, -0.15) is 5.10 Å². The van der Waals surface area contributed by atoms with Gasteiger partial charge in [-0.05, 0) is 12.1 Å². The van der Waals surface area contributed by atoms with Crippen LogP contribution in [0.25, 0.3) is 10.9 Å². The van der Waals surface area contributed by atoms with E-state index in [1.54, 1.807) is 12.1 Å². The van der Waals surface area contributed by atoms with Gasteiger partial charge in [0.25, 0.3) is 5.56 Å². The SMILES string of the molecule is COC(=O)c1nn(C)c(=O)c2ncccc12. The molecule has 6 nitrogen and oxygen atoms in total. The summed E-state index contributed by atoms with van der Waals surface area (Å²) in [4.78, 5) is 27.1. The number of esters is 1. The number of nitrogens with zero attached hydrogens (tertiary/aromatic N) is 3. The highest BCUT2D eigenvalue weighted by atomic mass is 16.5. The topological polar surface area (TPSA) is 74.1 Å². The zero-order valence-electron chi connectivity index (χ0n) is 8.80. The molecule has 0 fully saturated rings. The largest absolute Gasteiger partial charge is 0.464 e. The van der Waals surface area contributed by atoms with Crippen molar-refractivity contribution in [3.05, 3.63) is 34.4 Å². The van der Waals surface area contributed by atoms with Crippen LogP contribution in [0.2, 0.25) is 0 Å². The number of carbonyl (C=O) groups excluding carboxylic acids is 1. The van der Waals surface area contributed by atoms with E-state index in [1.807, 2.05) is 0 Å². The number of methoxy groups -OCH3 is 1. The van der Waals surface area contributed by atoms with E-state index >= 15 is 0 Å². The second-order valence-corrected chi connectivity index (χ2v) is 3.17. The van der Waals surface area contributed by atoms with Crippen LogP contribution in [0, 0.1) is 0 Å². The summed E-state index contributed by atoms with van der Waals surface area (Å²) in [6.45, 7) is 0. The van der Waals surface area contributed by atoms with Crippen LogP contribution in [0.15, 0.2) is 23.1 Å². The van der Waals surface area contributed by atoms with Crippen LogP contribution in [0.3, 0.4) is 0 Å². The molecule has 0 amide bonds. The van der Waals surface area contributed by atoms with Gasteiger partial charge in [0, 0.05) is 18.6 Å². The average molecular weight is 219 g/mol. The van der Waals surface area contributed by atoms with E-state index in [0.717, 1.165) is 4.68 Å². The Morgan fingerprint density at radius 3 is 2.94 bits per heavy atom. The van der Waals surface area contributed by atoms with Crippen LogP contribution < -0.4 is 5.56 Å². The van der Waals surface area contributed by atoms with E-state index in [1.165, 1.54) is 20.4 Å². The number of hydrogen-bond acceptors (Lipinski definition) is 5. The third-order valence-corrected chi connectivity index (χ3v) is 2.19.